The number of aromatic nitrogens is 1. The second kappa shape index (κ2) is 2.67. The molecule has 0 aromatic carbocycles. The van der Waals surface area contributed by atoms with Gasteiger partial charge in [-0.2, -0.15) is 0 Å². The summed E-state index contributed by atoms with van der Waals surface area (Å²) < 4.78 is 0. The maximum Gasteiger partial charge on any atom is 0.0462 e. The monoisotopic (exact) mass is 159 g/mol. The molecule has 0 bridgehead atoms. The van der Waals surface area contributed by atoms with Gasteiger partial charge in [-0.15, -0.1) is 0 Å². The van der Waals surface area contributed by atoms with Crippen molar-refractivity contribution in [2.24, 2.45) is 0 Å². The fourth-order valence-corrected chi connectivity index (χ4v) is 1.60. The first-order valence-electron chi connectivity index (χ1n) is 4.41. The molecule has 0 spiro atoms. The molecule has 1 aromatic rings. The van der Waals surface area contributed by atoms with Crippen LogP contribution in [0.1, 0.15) is 30.8 Å². The van der Waals surface area contributed by atoms with Crippen LogP contribution in [0.5, 0.6) is 0 Å². The van der Waals surface area contributed by atoms with Crippen LogP contribution in [0.4, 0.5) is 0 Å². The van der Waals surface area contributed by atoms with Crippen molar-refractivity contribution in [3.8, 4) is 0 Å². The van der Waals surface area contributed by atoms with E-state index in [1.165, 1.54) is 22.5 Å². The average Bonchev–Trinajstić information content (AvgIpc) is 2.61. The fraction of sp³-hybridized carbons (Fsp3) is 0.273. The lowest BCUT2D eigenvalue weighted by molar-refractivity contribution is 1.06. The molecule has 0 aliphatic heterocycles. The first-order chi connectivity index (χ1) is 5.85. The van der Waals surface area contributed by atoms with Crippen LogP contribution in [-0.4, -0.2) is 4.98 Å². The molecule has 0 saturated heterocycles. The Kier molecular flexibility index (Phi) is 1.65. The van der Waals surface area contributed by atoms with Crippen molar-refractivity contribution in [2.45, 2.75) is 20.3 Å². The lowest BCUT2D eigenvalue weighted by Gasteiger charge is -1.90. The zero-order valence-corrected chi connectivity index (χ0v) is 7.52. The van der Waals surface area contributed by atoms with Gasteiger partial charge in [-0.05, 0) is 31.1 Å². The highest BCUT2D eigenvalue weighted by Crippen LogP contribution is 2.29. The normalized spacial score (nSPS) is 17.3. The van der Waals surface area contributed by atoms with E-state index in [2.05, 4.69) is 43.1 Å². The second-order valence-corrected chi connectivity index (χ2v) is 3.05. The van der Waals surface area contributed by atoms with E-state index in [0.29, 0.717) is 0 Å². The van der Waals surface area contributed by atoms with E-state index in [-0.39, 0.29) is 0 Å². The van der Waals surface area contributed by atoms with Gasteiger partial charge in [0, 0.05) is 17.0 Å². The third-order valence-corrected chi connectivity index (χ3v) is 2.34. The van der Waals surface area contributed by atoms with E-state index in [1.54, 1.807) is 0 Å². The topological polar surface area (TPSA) is 15.8 Å². The number of hydrogen-bond acceptors (Lipinski definition) is 0. The van der Waals surface area contributed by atoms with Crippen molar-refractivity contribution in [3.05, 3.63) is 35.2 Å². The molecule has 2 rings (SSSR count). The highest BCUT2D eigenvalue weighted by molar-refractivity contribution is 5.89. The van der Waals surface area contributed by atoms with Gasteiger partial charge in [0.25, 0.3) is 0 Å². The SMILES string of the molecule is C/C=C1/C=Cc2[nH]c(CC)cc21. The lowest BCUT2D eigenvalue weighted by atomic mass is 10.1. The van der Waals surface area contributed by atoms with Crippen molar-refractivity contribution in [3.63, 3.8) is 0 Å². The Balaban J connectivity index is 2.51. The van der Waals surface area contributed by atoms with Gasteiger partial charge >= 0.3 is 0 Å². The van der Waals surface area contributed by atoms with Gasteiger partial charge < -0.3 is 4.98 Å². The van der Waals surface area contributed by atoms with Crippen molar-refractivity contribution < 1.29 is 0 Å². The molecule has 0 unspecified atom stereocenters. The minimum Gasteiger partial charge on any atom is -0.358 e. The highest BCUT2D eigenvalue weighted by atomic mass is 14.7. The Morgan fingerprint density at radius 2 is 2.25 bits per heavy atom. The predicted molar refractivity (Wildman–Crippen MR) is 52.9 cm³/mol. The van der Waals surface area contributed by atoms with Crippen LogP contribution in [0.3, 0.4) is 0 Å². The summed E-state index contributed by atoms with van der Waals surface area (Å²) in [6, 6.07) is 2.24. The molecule has 0 amide bonds. The van der Waals surface area contributed by atoms with Gasteiger partial charge in [0.1, 0.15) is 0 Å². The first-order valence-corrected chi connectivity index (χ1v) is 4.41. The molecular weight excluding hydrogens is 146 g/mol. The van der Waals surface area contributed by atoms with Gasteiger partial charge in [-0.1, -0.05) is 19.1 Å². The van der Waals surface area contributed by atoms with Crippen LogP contribution in [0.15, 0.2) is 18.2 Å². The number of fused-ring (bicyclic) bond motifs is 1. The first kappa shape index (κ1) is 7.41. The average molecular weight is 159 g/mol. The molecular formula is C11H13N. The second-order valence-electron chi connectivity index (χ2n) is 3.05. The van der Waals surface area contributed by atoms with Crippen molar-refractivity contribution in [2.75, 3.05) is 0 Å². The number of aryl methyl sites for hydroxylation is 1. The summed E-state index contributed by atoms with van der Waals surface area (Å²) in [5, 5.41) is 0. The summed E-state index contributed by atoms with van der Waals surface area (Å²) in [4.78, 5) is 3.38. The molecule has 1 N–H and O–H groups in total. The van der Waals surface area contributed by atoms with E-state index in [9.17, 15) is 0 Å². The lowest BCUT2D eigenvalue weighted by Crippen LogP contribution is -1.77. The molecule has 1 heteroatoms. The third-order valence-electron chi connectivity index (χ3n) is 2.34. The van der Waals surface area contributed by atoms with Crippen LogP contribution >= 0.6 is 0 Å². The summed E-state index contributed by atoms with van der Waals surface area (Å²) in [5.74, 6) is 0. The Labute approximate surface area is 72.8 Å². The number of hydrogen-bond donors (Lipinski definition) is 1. The van der Waals surface area contributed by atoms with E-state index >= 15 is 0 Å². The van der Waals surface area contributed by atoms with Gasteiger partial charge in [0.05, 0.1) is 0 Å². The van der Waals surface area contributed by atoms with Crippen LogP contribution in [-0.2, 0) is 6.42 Å². The standard InChI is InChI=1S/C11H13N/c1-3-8-5-6-11-10(8)7-9(4-2)12-11/h3,5-7,12H,4H2,1-2H3/b8-3-. The molecule has 1 aromatic heterocycles. The Morgan fingerprint density at radius 3 is 2.92 bits per heavy atom. The van der Waals surface area contributed by atoms with Crippen molar-refractivity contribution in [1.29, 1.82) is 0 Å². The summed E-state index contributed by atoms with van der Waals surface area (Å²) in [7, 11) is 0. The third kappa shape index (κ3) is 0.934. The van der Waals surface area contributed by atoms with Crippen LogP contribution in [0.25, 0.3) is 11.6 Å². The molecule has 1 aliphatic rings. The summed E-state index contributed by atoms with van der Waals surface area (Å²) in [6.07, 6.45) is 7.53. The maximum absolute atomic E-state index is 3.38. The van der Waals surface area contributed by atoms with Crippen LogP contribution < -0.4 is 0 Å². The smallest absolute Gasteiger partial charge is 0.0462 e. The Morgan fingerprint density at radius 1 is 1.42 bits per heavy atom. The Hall–Kier alpha value is -1.24. The van der Waals surface area contributed by atoms with Gasteiger partial charge in [-0.3, -0.25) is 0 Å². The molecule has 1 aliphatic carbocycles. The van der Waals surface area contributed by atoms with Gasteiger partial charge in [-0.25, -0.2) is 0 Å². The van der Waals surface area contributed by atoms with E-state index < -0.39 is 0 Å². The molecule has 12 heavy (non-hydrogen) atoms. The number of rotatable bonds is 1. The largest absolute Gasteiger partial charge is 0.358 e. The van der Waals surface area contributed by atoms with E-state index in [0.717, 1.165) is 6.42 Å². The molecule has 0 fully saturated rings. The number of H-pyrrole nitrogens is 1. The van der Waals surface area contributed by atoms with Crippen LogP contribution in [0.2, 0.25) is 0 Å². The van der Waals surface area contributed by atoms with Gasteiger partial charge in [0.2, 0.25) is 0 Å². The van der Waals surface area contributed by atoms with Gasteiger partial charge in [0.15, 0.2) is 0 Å². The summed E-state index contributed by atoms with van der Waals surface area (Å²) >= 11 is 0. The van der Waals surface area contributed by atoms with Crippen LogP contribution in [0, 0.1) is 0 Å². The summed E-state index contributed by atoms with van der Waals surface area (Å²) in [6.45, 7) is 4.24. The summed E-state index contributed by atoms with van der Waals surface area (Å²) in [5.41, 5.74) is 5.28. The Bertz CT molecular complexity index is 353. The zero-order valence-electron chi connectivity index (χ0n) is 7.52. The molecule has 0 saturated carbocycles. The minimum absolute atomic E-state index is 1.08. The zero-order chi connectivity index (χ0) is 8.55. The quantitative estimate of drug-likeness (QED) is 0.648. The molecule has 1 nitrogen and oxygen atoms in total. The predicted octanol–water partition coefficient (Wildman–Crippen LogP) is 3.01. The van der Waals surface area contributed by atoms with E-state index in [1.807, 2.05) is 0 Å². The number of allylic oxidation sites excluding steroid dienone is 3. The van der Waals surface area contributed by atoms with Crippen molar-refractivity contribution >= 4 is 11.6 Å². The minimum atomic E-state index is 1.08. The molecule has 62 valence electrons. The van der Waals surface area contributed by atoms with Crippen molar-refractivity contribution in [1.82, 2.24) is 4.98 Å². The molecule has 0 radical (unpaired) electrons. The highest BCUT2D eigenvalue weighted by Gasteiger charge is 2.11. The molecule has 1 heterocycles. The number of nitrogens with one attached hydrogen (secondary N) is 1. The van der Waals surface area contributed by atoms with E-state index in [4.69, 9.17) is 0 Å². The number of aromatic amines is 1. The molecule has 0 atom stereocenters. The maximum atomic E-state index is 3.38. The fourth-order valence-electron chi connectivity index (χ4n) is 1.60.